The predicted molar refractivity (Wildman–Crippen MR) is 231 cm³/mol. The first-order chi connectivity index (χ1) is 30.0. The molecule has 6 amide bonds. The number of benzene rings is 1. The van der Waals surface area contributed by atoms with Gasteiger partial charge in [-0.3, -0.25) is 33.3 Å². The highest BCUT2D eigenvalue weighted by atomic mass is 32.3. The Morgan fingerprint density at radius 1 is 0.938 bits per heavy atom. The van der Waals surface area contributed by atoms with Gasteiger partial charge in [-0.25, -0.2) is 8.98 Å². The first-order valence-corrected chi connectivity index (χ1v) is 23.0. The van der Waals surface area contributed by atoms with Crippen molar-refractivity contribution in [2.24, 2.45) is 11.8 Å². The summed E-state index contributed by atoms with van der Waals surface area (Å²) < 4.78 is 41.2. The Hall–Kier alpha value is -4.74. The Balaban J connectivity index is 2.23. The Labute approximate surface area is 375 Å². The minimum absolute atomic E-state index is 0.0159. The van der Waals surface area contributed by atoms with E-state index in [9.17, 15) is 52.2 Å². The van der Waals surface area contributed by atoms with E-state index in [1.165, 1.54) is 18.9 Å². The molecule has 22 heteroatoms. The summed E-state index contributed by atoms with van der Waals surface area (Å²) in [5, 5.41) is 32.0. The van der Waals surface area contributed by atoms with Crippen LogP contribution < -0.4 is 21.3 Å². The van der Waals surface area contributed by atoms with Gasteiger partial charge in [0, 0.05) is 13.5 Å². The van der Waals surface area contributed by atoms with Crippen LogP contribution in [0, 0.1) is 11.8 Å². The summed E-state index contributed by atoms with van der Waals surface area (Å²) in [6.45, 7) is 7.53. The van der Waals surface area contributed by atoms with Crippen molar-refractivity contribution in [2.75, 3.05) is 34.3 Å². The lowest BCUT2D eigenvalue weighted by atomic mass is 9.91. The van der Waals surface area contributed by atoms with E-state index >= 15 is 0 Å². The van der Waals surface area contributed by atoms with E-state index in [2.05, 4.69) is 25.5 Å². The fourth-order valence-electron chi connectivity index (χ4n) is 7.52. The molecule has 11 atom stereocenters. The lowest BCUT2D eigenvalue weighted by molar-refractivity contribution is -0.168. The highest BCUT2D eigenvalue weighted by Gasteiger charge is 2.47. The molecule has 360 valence electrons. The highest BCUT2D eigenvalue weighted by molar-refractivity contribution is 7.80. The van der Waals surface area contributed by atoms with Crippen LogP contribution in [0.15, 0.2) is 30.3 Å². The number of fused-ring (bicyclic) bond motifs is 2. The van der Waals surface area contributed by atoms with Crippen molar-refractivity contribution in [1.82, 2.24) is 36.0 Å². The summed E-state index contributed by atoms with van der Waals surface area (Å²) in [5.74, 6) is -7.73. The number of carbonyl (C=O) groups is 7. The van der Waals surface area contributed by atoms with Crippen LogP contribution in [0.4, 0.5) is 0 Å². The van der Waals surface area contributed by atoms with Crippen LogP contribution in [-0.2, 0) is 59.3 Å². The van der Waals surface area contributed by atoms with Gasteiger partial charge in [-0.05, 0) is 77.1 Å². The summed E-state index contributed by atoms with van der Waals surface area (Å²) in [5.41, 5.74) is 0.652. The third-order valence-corrected chi connectivity index (χ3v) is 12.2. The van der Waals surface area contributed by atoms with Gasteiger partial charge < -0.3 is 50.9 Å². The summed E-state index contributed by atoms with van der Waals surface area (Å²) >= 11 is 0. The topological polar surface area (TPSA) is 291 Å². The van der Waals surface area contributed by atoms with E-state index in [0.717, 1.165) is 4.90 Å². The number of esters is 1. The molecule has 0 spiro atoms. The second-order valence-corrected chi connectivity index (χ2v) is 18.0. The number of unbranched alkanes of at least 4 members (excludes halogenated alkanes) is 1. The molecule has 2 saturated heterocycles. The van der Waals surface area contributed by atoms with Crippen LogP contribution in [0.5, 0.6) is 0 Å². The molecular weight excluding hydrogens is 859 g/mol. The Kier molecular flexibility index (Phi) is 20.5. The second-order valence-electron chi connectivity index (χ2n) is 16.9. The normalized spacial score (nSPS) is 27.2. The summed E-state index contributed by atoms with van der Waals surface area (Å²) in [4.78, 5) is 104. The van der Waals surface area contributed by atoms with Crippen LogP contribution in [0.2, 0.25) is 0 Å². The number of likely N-dealkylation sites (N-methyl/N-ethyl adjacent to an activating group) is 1. The second kappa shape index (κ2) is 24.5. The molecule has 2 heterocycles. The first-order valence-electron chi connectivity index (χ1n) is 21.7. The third-order valence-electron chi connectivity index (χ3n) is 11.8. The fourth-order valence-corrected chi connectivity index (χ4v) is 7.82. The molecular formula is C42H67N7O14S. The molecule has 2 aliphatic rings. The minimum Gasteiger partial charge on any atom is -0.458 e. The van der Waals surface area contributed by atoms with E-state index in [-0.39, 0.29) is 25.7 Å². The van der Waals surface area contributed by atoms with E-state index < -0.39 is 125 Å². The van der Waals surface area contributed by atoms with Gasteiger partial charge in [0.25, 0.3) is 5.91 Å². The zero-order valence-corrected chi connectivity index (χ0v) is 38.7. The van der Waals surface area contributed by atoms with E-state index in [4.69, 9.17) is 9.29 Å². The maximum Gasteiger partial charge on any atom is 0.397 e. The first kappa shape index (κ1) is 53.6. The monoisotopic (exact) mass is 925 g/mol. The van der Waals surface area contributed by atoms with Crippen LogP contribution in [0.3, 0.4) is 0 Å². The van der Waals surface area contributed by atoms with Crippen molar-refractivity contribution in [2.45, 2.75) is 141 Å². The molecule has 2 aliphatic heterocycles. The lowest BCUT2D eigenvalue weighted by Crippen LogP contribution is -2.66. The largest absolute Gasteiger partial charge is 0.458 e. The van der Waals surface area contributed by atoms with Crippen LogP contribution in [0.1, 0.15) is 85.1 Å². The van der Waals surface area contributed by atoms with Crippen molar-refractivity contribution in [3.8, 4) is 0 Å². The summed E-state index contributed by atoms with van der Waals surface area (Å²) in [6.07, 6.45) is -3.76. The molecule has 11 unspecified atom stereocenters. The fraction of sp³-hybridized carbons (Fsp3) is 0.690. The van der Waals surface area contributed by atoms with Gasteiger partial charge in [0.05, 0.1) is 0 Å². The van der Waals surface area contributed by atoms with Gasteiger partial charge in [-0.2, -0.15) is 8.42 Å². The average molecular weight is 926 g/mol. The third kappa shape index (κ3) is 15.2. The molecule has 1 aromatic carbocycles. The molecule has 0 radical (unpaired) electrons. The number of hydrogen-bond acceptors (Lipinski definition) is 14. The molecule has 3 rings (SSSR count). The lowest BCUT2D eigenvalue weighted by Gasteiger charge is -2.44. The number of cyclic esters (lactones) is 1. The number of amides is 6. The van der Waals surface area contributed by atoms with Crippen molar-refractivity contribution < 1.29 is 65.7 Å². The van der Waals surface area contributed by atoms with E-state index in [1.54, 1.807) is 58.0 Å². The number of aliphatic hydroxyl groups excluding tert-OH is 2. The SMILES string of the molecule is CCC(C)C1NC(=O)C(Cc2ccccc2)N(C)C(=O)C(C(C)CC)N2C(=O)C(CCC2O)NC(=O)C(CCCCN(C)C)NC(=O)C(NC(=O)C(O)COS(=O)(=O)O)C(C)OC1=O. The molecule has 7 N–H and O–H groups in total. The van der Waals surface area contributed by atoms with Crippen LogP contribution in [-0.4, -0.2) is 168 Å². The van der Waals surface area contributed by atoms with Gasteiger partial charge >= 0.3 is 16.4 Å². The molecule has 0 saturated carbocycles. The van der Waals surface area contributed by atoms with Crippen molar-refractivity contribution in [3.05, 3.63) is 35.9 Å². The van der Waals surface area contributed by atoms with Gasteiger partial charge in [0.2, 0.25) is 29.5 Å². The predicted octanol–water partition coefficient (Wildman–Crippen LogP) is -0.746. The smallest absolute Gasteiger partial charge is 0.397 e. The van der Waals surface area contributed by atoms with Gasteiger partial charge in [-0.1, -0.05) is 70.9 Å². The number of rotatable bonds is 16. The van der Waals surface area contributed by atoms with Gasteiger partial charge in [0.15, 0.2) is 6.10 Å². The standard InChI is InChI=1S/C42H67N7O14S/c1-9-24(3)33-42(58)63-26(5)34(46-38(54)31(50)23-62-64(59,60)61)39(55)43-28(18-14-15-21-47(6)7)36(52)44-29-19-20-32(51)49(40(29)56)35(25(4)10-2)41(57)48(8)30(37(53)45-33)22-27-16-12-11-13-17-27/h11-13,16-17,24-26,28-35,50-51H,9-10,14-15,18-23H2,1-8H3,(H,43,55)(H,44,52)(H,45,53)(H,46,54)(H,59,60,61). The minimum atomic E-state index is -5.10. The van der Waals surface area contributed by atoms with E-state index in [0.29, 0.717) is 37.8 Å². The van der Waals surface area contributed by atoms with E-state index in [1.807, 2.05) is 19.0 Å². The maximum atomic E-state index is 14.8. The summed E-state index contributed by atoms with van der Waals surface area (Å²) in [6, 6.07) is 0.270. The maximum absolute atomic E-state index is 14.8. The van der Waals surface area contributed by atoms with Crippen LogP contribution >= 0.6 is 0 Å². The highest BCUT2D eigenvalue weighted by Crippen LogP contribution is 2.28. The van der Waals surface area contributed by atoms with Crippen molar-refractivity contribution >= 4 is 51.8 Å². The van der Waals surface area contributed by atoms with Gasteiger partial charge in [0.1, 0.15) is 55.2 Å². The Bertz CT molecular complexity index is 1890. The Morgan fingerprint density at radius 2 is 1.58 bits per heavy atom. The molecule has 64 heavy (non-hydrogen) atoms. The average Bonchev–Trinajstić information content (AvgIpc) is 3.24. The molecule has 2 bridgehead atoms. The zero-order valence-electron chi connectivity index (χ0n) is 37.9. The molecule has 2 fully saturated rings. The number of carbonyl (C=O) groups excluding carboxylic acids is 7. The molecule has 0 aliphatic carbocycles. The number of ether oxygens (including phenoxy) is 1. The number of piperidine rings is 1. The van der Waals surface area contributed by atoms with Gasteiger partial charge in [-0.15, -0.1) is 0 Å². The molecule has 0 aromatic heterocycles. The number of nitrogens with one attached hydrogen (secondary N) is 4. The van der Waals surface area contributed by atoms with Crippen molar-refractivity contribution in [3.63, 3.8) is 0 Å². The quantitative estimate of drug-likeness (QED) is 0.0611. The number of nitrogens with zero attached hydrogens (tertiary/aromatic N) is 3. The molecule has 21 nitrogen and oxygen atoms in total. The van der Waals surface area contributed by atoms with Crippen LogP contribution in [0.25, 0.3) is 0 Å². The molecule has 1 aromatic rings. The zero-order chi connectivity index (χ0) is 48.1. The number of hydrogen-bond donors (Lipinski definition) is 7. The summed E-state index contributed by atoms with van der Waals surface area (Å²) in [7, 11) is 0.000781. The number of aliphatic hydroxyl groups is 2. The Morgan fingerprint density at radius 3 is 2.17 bits per heavy atom. The van der Waals surface area contributed by atoms with Crippen molar-refractivity contribution in [1.29, 1.82) is 0 Å².